The Morgan fingerprint density at radius 3 is 2.91 bits per heavy atom. The van der Waals surface area contributed by atoms with Gasteiger partial charge in [-0.2, -0.15) is 4.40 Å². The monoisotopic (exact) mass is 316 g/mol. The Kier molecular flexibility index (Phi) is 3.86. The lowest BCUT2D eigenvalue weighted by Gasteiger charge is -1.97. The van der Waals surface area contributed by atoms with Gasteiger partial charge in [0.25, 0.3) is 5.96 Å². The summed E-state index contributed by atoms with van der Waals surface area (Å²) in [5, 5.41) is 16.9. The van der Waals surface area contributed by atoms with Crippen molar-refractivity contribution in [3.63, 3.8) is 0 Å². The third kappa shape index (κ3) is 2.69. The summed E-state index contributed by atoms with van der Waals surface area (Å²) in [5.41, 5.74) is 10.3. The molecule has 0 spiro atoms. The van der Waals surface area contributed by atoms with Gasteiger partial charge in [-0.05, 0) is 24.3 Å². The zero-order chi connectivity index (χ0) is 15.5. The second kappa shape index (κ2) is 5.96. The van der Waals surface area contributed by atoms with Crippen molar-refractivity contribution in [3.8, 4) is 11.3 Å². The van der Waals surface area contributed by atoms with E-state index in [1.807, 2.05) is 30.5 Å². The number of hydrogen-bond donors (Lipinski definition) is 4. The molecule has 0 unspecified atom stereocenters. The molecule has 0 radical (unpaired) electrons. The van der Waals surface area contributed by atoms with Crippen LogP contribution >= 0.6 is 11.3 Å². The Morgan fingerprint density at radius 2 is 2.23 bits per heavy atom. The number of hydrazone groups is 1. The molecule has 3 rings (SSSR count). The van der Waals surface area contributed by atoms with Gasteiger partial charge >= 0.3 is 4.96 Å². The topological polar surface area (TPSA) is 93.6 Å². The van der Waals surface area contributed by atoms with Crippen LogP contribution in [0.5, 0.6) is 0 Å². The second-order valence-electron chi connectivity index (χ2n) is 4.67. The van der Waals surface area contributed by atoms with E-state index >= 15 is 0 Å². The first-order valence-electron chi connectivity index (χ1n) is 6.55. The molecule has 0 saturated carbocycles. The van der Waals surface area contributed by atoms with Crippen molar-refractivity contribution < 1.29 is 14.7 Å². The SMILES string of the molecule is Cn1c(-c2ccc(/C=[NH+]\N=C(N)NO)cc2)c[n+]2ccsc12. The minimum absolute atomic E-state index is 0.103. The molecule has 2 heterocycles. The molecule has 0 aliphatic rings. The van der Waals surface area contributed by atoms with Gasteiger partial charge in [-0.3, -0.25) is 5.21 Å². The Morgan fingerprint density at radius 1 is 1.45 bits per heavy atom. The first kappa shape index (κ1) is 14.2. The Hall–Kier alpha value is -2.71. The lowest BCUT2D eigenvalue weighted by molar-refractivity contribution is -0.505. The highest BCUT2D eigenvalue weighted by Gasteiger charge is 2.16. The number of nitrogens with one attached hydrogen (secondary N) is 2. The summed E-state index contributed by atoms with van der Waals surface area (Å²) in [5.74, 6) is -0.103. The van der Waals surface area contributed by atoms with Crippen LogP contribution in [0.4, 0.5) is 0 Å². The average Bonchev–Trinajstić information content (AvgIpc) is 3.11. The molecule has 8 heteroatoms. The Bertz CT molecular complexity index is 846. The Balaban J connectivity index is 1.85. The molecule has 0 amide bonds. The number of nitrogens with two attached hydrogens (primary N) is 1. The van der Waals surface area contributed by atoms with Crippen LogP contribution < -0.4 is 20.7 Å². The molecular weight excluding hydrogens is 300 g/mol. The highest BCUT2D eigenvalue weighted by atomic mass is 32.1. The molecule has 1 aromatic carbocycles. The predicted octanol–water partition coefficient (Wildman–Crippen LogP) is -0.800. The lowest BCUT2D eigenvalue weighted by Crippen LogP contribution is -2.64. The van der Waals surface area contributed by atoms with Crippen LogP contribution in [-0.4, -0.2) is 21.9 Å². The normalized spacial score (nSPS) is 12.4. The number of thiazole rings is 1. The van der Waals surface area contributed by atoms with E-state index < -0.39 is 0 Å². The van der Waals surface area contributed by atoms with Crippen LogP contribution in [0.15, 0.2) is 47.1 Å². The van der Waals surface area contributed by atoms with Crippen molar-refractivity contribution in [2.24, 2.45) is 17.9 Å². The maximum Gasteiger partial charge on any atom is 0.345 e. The molecule has 0 aliphatic heterocycles. The molecule has 5 N–H and O–H groups in total. The van der Waals surface area contributed by atoms with Crippen molar-refractivity contribution >= 4 is 28.5 Å². The zero-order valence-electron chi connectivity index (χ0n) is 11.9. The van der Waals surface area contributed by atoms with E-state index in [0.717, 1.165) is 16.8 Å². The van der Waals surface area contributed by atoms with Gasteiger partial charge in [-0.25, -0.2) is 10.0 Å². The van der Waals surface area contributed by atoms with Gasteiger partial charge in [-0.1, -0.05) is 11.3 Å². The van der Waals surface area contributed by atoms with E-state index in [4.69, 9.17) is 10.9 Å². The Labute approximate surface area is 130 Å². The van der Waals surface area contributed by atoms with Gasteiger partial charge in [0.1, 0.15) is 12.4 Å². The molecule has 0 saturated heterocycles. The minimum atomic E-state index is -0.103. The number of hydrogen-bond acceptors (Lipinski definition) is 3. The molecule has 112 valence electrons. The summed E-state index contributed by atoms with van der Waals surface area (Å²) in [4.78, 5) is 1.19. The maximum absolute atomic E-state index is 8.50. The molecule has 0 bridgehead atoms. The van der Waals surface area contributed by atoms with Gasteiger partial charge in [0.15, 0.2) is 5.69 Å². The number of aromatic nitrogens is 2. The molecule has 0 fully saturated rings. The van der Waals surface area contributed by atoms with Crippen LogP contribution in [0.25, 0.3) is 16.2 Å². The smallest absolute Gasteiger partial charge is 0.345 e. The minimum Gasteiger partial charge on any atom is -0.363 e. The van der Waals surface area contributed by atoms with Crippen molar-refractivity contribution in [1.29, 1.82) is 0 Å². The maximum atomic E-state index is 8.50. The van der Waals surface area contributed by atoms with E-state index in [0.29, 0.717) is 0 Å². The van der Waals surface area contributed by atoms with Crippen molar-refractivity contribution in [1.82, 2.24) is 10.0 Å². The summed E-state index contributed by atoms with van der Waals surface area (Å²) in [6.45, 7) is 0. The van der Waals surface area contributed by atoms with E-state index in [-0.39, 0.29) is 5.96 Å². The van der Waals surface area contributed by atoms with Crippen molar-refractivity contribution in [2.45, 2.75) is 0 Å². The third-order valence-electron chi connectivity index (χ3n) is 3.26. The number of rotatable bonds is 3. The summed E-state index contributed by atoms with van der Waals surface area (Å²) < 4.78 is 4.28. The van der Waals surface area contributed by atoms with Gasteiger partial charge in [0.05, 0.1) is 7.05 Å². The van der Waals surface area contributed by atoms with Crippen LogP contribution in [-0.2, 0) is 7.05 Å². The molecule has 0 aliphatic carbocycles. The van der Waals surface area contributed by atoms with Crippen LogP contribution in [0, 0.1) is 0 Å². The largest absolute Gasteiger partial charge is 0.363 e. The van der Waals surface area contributed by atoms with E-state index in [2.05, 4.69) is 37.8 Å². The van der Waals surface area contributed by atoms with E-state index in [9.17, 15) is 0 Å². The fourth-order valence-corrected chi connectivity index (χ4v) is 2.98. The summed E-state index contributed by atoms with van der Waals surface area (Å²) in [7, 11) is 2.06. The number of nitrogens with zero attached hydrogens (tertiary/aromatic N) is 3. The number of benzene rings is 1. The zero-order valence-corrected chi connectivity index (χ0v) is 12.7. The molecule has 7 nitrogen and oxygen atoms in total. The first-order valence-corrected chi connectivity index (χ1v) is 7.43. The lowest BCUT2D eigenvalue weighted by atomic mass is 10.1. The van der Waals surface area contributed by atoms with Crippen molar-refractivity contribution in [2.75, 3.05) is 0 Å². The number of guanidine groups is 1. The van der Waals surface area contributed by atoms with Crippen LogP contribution in [0.1, 0.15) is 5.56 Å². The summed E-state index contributed by atoms with van der Waals surface area (Å²) in [6, 6.07) is 8.05. The molecular formula is C14H16N6OS+2. The summed E-state index contributed by atoms with van der Waals surface area (Å²) in [6.07, 6.45) is 5.85. The van der Waals surface area contributed by atoms with Gasteiger partial charge in [0.2, 0.25) is 6.21 Å². The number of hydroxylamine groups is 1. The van der Waals surface area contributed by atoms with Crippen LogP contribution in [0.3, 0.4) is 0 Å². The van der Waals surface area contributed by atoms with E-state index in [1.54, 1.807) is 23.0 Å². The standard InChI is InChI=1S/C14H15N6OS/c1-19-12(9-20-6-7-22-14(19)20)11-4-2-10(3-5-11)8-16-17-13(15)18-21/h2-9,21H,1H3,(H3,15,17,18)/q+1/p+1/b16-8-. The predicted molar refractivity (Wildman–Crippen MR) is 84.6 cm³/mol. The number of aryl methyl sites for hydroxylation is 1. The molecule has 3 aromatic rings. The number of imidazole rings is 1. The fraction of sp³-hybridized carbons (Fsp3) is 0.0714. The third-order valence-corrected chi connectivity index (χ3v) is 4.22. The van der Waals surface area contributed by atoms with Gasteiger partial charge in [0, 0.05) is 21.6 Å². The fourth-order valence-electron chi connectivity index (χ4n) is 2.17. The quantitative estimate of drug-likeness (QED) is 0.221. The second-order valence-corrected chi connectivity index (χ2v) is 5.54. The van der Waals surface area contributed by atoms with Gasteiger partial charge < -0.3 is 5.73 Å². The van der Waals surface area contributed by atoms with Crippen LogP contribution in [0.2, 0.25) is 0 Å². The highest BCUT2D eigenvalue weighted by molar-refractivity contribution is 7.14. The molecule has 22 heavy (non-hydrogen) atoms. The van der Waals surface area contributed by atoms with E-state index in [1.165, 1.54) is 4.96 Å². The first-order chi connectivity index (χ1) is 10.7. The van der Waals surface area contributed by atoms with Gasteiger partial charge in [-0.15, -0.1) is 5.10 Å². The average molecular weight is 316 g/mol. The highest BCUT2D eigenvalue weighted by Crippen LogP contribution is 2.21. The molecule has 0 atom stereocenters. The van der Waals surface area contributed by atoms with Crippen molar-refractivity contribution in [3.05, 3.63) is 47.6 Å². The molecule has 2 aromatic heterocycles. The number of fused-ring (bicyclic) bond motifs is 1. The summed E-state index contributed by atoms with van der Waals surface area (Å²) >= 11 is 1.71.